The van der Waals surface area contributed by atoms with E-state index in [9.17, 15) is 0 Å². The Morgan fingerprint density at radius 2 is 2.17 bits per heavy atom. The van der Waals surface area contributed by atoms with Gasteiger partial charge in [0.05, 0.1) is 7.11 Å². The lowest BCUT2D eigenvalue weighted by molar-refractivity contribution is 0.312. The zero-order valence-electron chi connectivity index (χ0n) is 11.4. The fourth-order valence-corrected chi connectivity index (χ4v) is 2.90. The van der Waals surface area contributed by atoms with E-state index in [0.717, 1.165) is 31.3 Å². The van der Waals surface area contributed by atoms with E-state index in [1.165, 1.54) is 18.4 Å². The van der Waals surface area contributed by atoms with Gasteiger partial charge in [0.25, 0.3) is 0 Å². The fraction of sp³-hybridized carbons (Fsp3) is 0.600. The van der Waals surface area contributed by atoms with Gasteiger partial charge in [-0.1, -0.05) is 12.1 Å². The van der Waals surface area contributed by atoms with Gasteiger partial charge in [-0.25, -0.2) is 0 Å². The Hall–Kier alpha value is -1.06. The maximum atomic E-state index is 5.34. The molecule has 1 unspecified atom stereocenters. The molecule has 1 atom stereocenters. The molecular weight excluding hydrogens is 224 g/mol. The van der Waals surface area contributed by atoms with Crippen molar-refractivity contribution in [3.63, 3.8) is 0 Å². The quantitative estimate of drug-likeness (QED) is 0.836. The molecular formula is C15H24N2O. The Morgan fingerprint density at radius 1 is 1.39 bits per heavy atom. The SMILES string of the molecule is CNCC(c1cccc(OC)c1)C1CCNCC1. The summed E-state index contributed by atoms with van der Waals surface area (Å²) in [6.45, 7) is 3.33. The smallest absolute Gasteiger partial charge is 0.119 e. The van der Waals surface area contributed by atoms with Crippen molar-refractivity contribution in [3.8, 4) is 5.75 Å². The van der Waals surface area contributed by atoms with Crippen LogP contribution >= 0.6 is 0 Å². The highest BCUT2D eigenvalue weighted by Gasteiger charge is 2.24. The van der Waals surface area contributed by atoms with Crippen LogP contribution in [0.2, 0.25) is 0 Å². The minimum absolute atomic E-state index is 0.590. The molecule has 0 aromatic heterocycles. The van der Waals surface area contributed by atoms with Gasteiger partial charge in [-0.05, 0) is 62.5 Å². The van der Waals surface area contributed by atoms with E-state index in [-0.39, 0.29) is 0 Å². The van der Waals surface area contributed by atoms with Crippen LogP contribution in [0.5, 0.6) is 5.75 Å². The van der Waals surface area contributed by atoms with Crippen LogP contribution in [0.3, 0.4) is 0 Å². The lowest BCUT2D eigenvalue weighted by atomic mass is 9.80. The first-order valence-electron chi connectivity index (χ1n) is 6.84. The molecule has 3 heteroatoms. The van der Waals surface area contributed by atoms with Crippen LogP contribution in [0.15, 0.2) is 24.3 Å². The summed E-state index contributed by atoms with van der Waals surface area (Å²) in [5, 5.41) is 6.78. The van der Waals surface area contributed by atoms with Gasteiger partial charge in [0.2, 0.25) is 0 Å². The zero-order chi connectivity index (χ0) is 12.8. The van der Waals surface area contributed by atoms with Gasteiger partial charge >= 0.3 is 0 Å². The summed E-state index contributed by atoms with van der Waals surface area (Å²) in [6, 6.07) is 8.52. The Bertz CT molecular complexity index is 361. The van der Waals surface area contributed by atoms with E-state index < -0.39 is 0 Å². The minimum atomic E-state index is 0.590. The first-order valence-corrected chi connectivity index (χ1v) is 6.84. The predicted molar refractivity (Wildman–Crippen MR) is 75.3 cm³/mol. The first kappa shape index (κ1) is 13.4. The van der Waals surface area contributed by atoms with Gasteiger partial charge in [0.15, 0.2) is 0 Å². The molecule has 0 radical (unpaired) electrons. The van der Waals surface area contributed by atoms with Crippen LogP contribution in [-0.4, -0.2) is 33.8 Å². The second-order valence-electron chi connectivity index (χ2n) is 5.03. The largest absolute Gasteiger partial charge is 0.497 e. The van der Waals surface area contributed by atoms with E-state index in [2.05, 4.69) is 28.8 Å². The third-order valence-corrected chi connectivity index (χ3v) is 3.90. The molecule has 1 aromatic carbocycles. The molecule has 3 nitrogen and oxygen atoms in total. The summed E-state index contributed by atoms with van der Waals surface area (Å²) in [5.41, 5.74) is 1.40. The molecule has 0 saturated carbocycles. The van der Waals surface area contributed by atoms with Crippen molar-refractivity contribution in [1.29, 1.82) is 0 Å². The third kappa shape index (κ3) is 3.24. The highest BCUT2D eigenvalue weighted by Crippen LogP contribution is 2.32. The van der Waals surface area contributed by atoms with Gasteiger partial charge in [0, 0.05) is 6.54 Å². The van der Waals surface area contributed by atoms with Crippen LogP contribution in [0.25, 0.3) is 0 Å². The lowest BCUT2D eigenvalue weighted by Gasteiger charge is -2.31. The van der Waals surface area contributed by atoms with Crippen LogP contribution in [-0.2, 0) is 0 Å². The molecule has 2 rings (SSSR count). The molecule has 0 bridgehead atoms. The van der Waals surface area contributed by atoms with Gasteiger partial charge in [-0.3, -0.25) is 0 Å². The summed E-state index contributed by atoms with van der Waals surface area (Å²) in [7, 11) is 3.77. The topological polar surface area (TPSA) is 33.3 Å². The van der Waals surface area contributed by atoms with Crippen LogP contribution < -0.4 is 15.4 Å². The van der Waals surface area contributed by atoms with E-state index in [4.69, 9.17) is 4.74 Å². The normalized spacial score (nSPS) is 18.6. The highest BCUT2D eigenvalue weighted by molar-refractivity contribution is 5.31. The zero-order valence-corrected chi connectivity index (χ0v) is 11.4. The van der Waals surface area contributed by atoms with Crippen LogP contribution in [0, 0.1) is 5.92 Å². The van der Waals surface area contributed by atoms with Crippen molar-refractivity contribution in [2.24, 2.45) is 5.92 Å². The van der Waals surface area contributed by atoms with Crippen molar-refractivity contribution in [1.82, 2.24) is 10.6 Å². The molecule has 1 aromatic rings. The van der Waals surface area contributed by atoms with Crippen molar-refractivity contribution >= 4 is 0 Å². The summed E-state index contributed by atoms with van der Waals surface area (Å²) in [5.74, 6) is 2.32. The number of nitrogens with one attached hydrogen (secondary N) is 2. The molecule has 18 heavy (non-hydrogen) atoms. The molecule has 1 fully saturated rings. The molecule has 0 amide bonds. The van der Waals surface area contributed by atoms with Gasteiger partial charge < -0.3 is 15.4 Å². The second-order valence-corrected chi connectivity index (χ2v) is 5.03. The van der Waals surface area contributed by atoms with E-state index >= 15 is 0 Å². The van der Waals surface area contributed by atoms with Crippen molar-refractivity contribution in [3.05, 3.63) is 29.8 Å². The second kappa shape index (κ2) is 6.76. The number of ether oxygens (including phenoxy) is 1. The number of piperidine rings is 1. The van der Waals surface area contributed by atoms with Crippen molar-refractivity contribution < 1.29 is 4.74 Å². The number of hydrogen-bond donors (Lipinski definition) is 2. The van der Waals surface area contributed by atoms with E-state index in [1.54, 1.807) is 7.11 Å². The Balaban J connectivity index is 2.16. The molecule has 1 saturated heterocycles. The average Bonchev–Trinajstić information content (AvgIpc) is 2.46. The number of hydrogen-bond acceptors (Lipinski definition) is 3. The molecule has 1 aliphatic rings. The van der Waals surface area contributed by atoms with Crippen molar-refractivity contribution in [2.75, 3.05) is 33.8 Å². The van der Waals surface area contributed by atoms with E-state index in [1.807, 2.05) is 13.1 Å². The Labute approximate surface area is 110 Å². The van der Waals surface area contributed by atoms with Gasteiger partial charge in [-0.15, -0.1) is 0 Å². The van der Waals surface area contributed by atoms with Gasteiger partial charge in [-0.2, -0.15) is 0 Å². The summed E-state index contributed by atoms with van der Waals surface area (Å²) in [6.07, 6.45) is 2.53. The molecule has 2 N–H and O–H groups in total. The van der Waals surface area contributed by atoms with E-state index in [0.29, 0.717) is 5.92 Å². The molecule has 0 aliphatic carbocycles. The number of likely N-dealkylation sites (N-methyl/N-ethyl adjacent to an activating group) is 1. The summed E-state index contributed by atoms with van der Waals surface area (Å²) in [4.78, 5) is 0. The molecule has 100 valence electrons. The van der Waals surface area contributed by atoms with Gasteiger partial charge in [0.1, 0.15) is 5.75 Å². The van der Waals surface area contributed by atoms with Crippen LogP contribution in [0.1, 0.15) is 24.3 Å². The Morgan fingerprint density at radius 3 is 2.83 bits per heavy atom. The number of rotatable bonds is 5. The molecule has 0 spiro atoms. The molecule has 1 aliphatic heterocycles. The predicted octanol–water partition coefficient (Wildman–Crippen LogP) is 2.00. The maximum Gasteiger partial charge on any atom is 0.119 e. The number of benzene rings is 1. The molecule has 1 heterocycles. The van der Waals surface area contributed by atoms with Crippen molar-refractivity contribution in [2.45, 2.75) is 18.8 Å². The average molecular weight is 248 g/mol. The summed E-state index contributed by atoms with van der Waals surface area (Å²) >= 11 is 0. The maximum absolute atomic E-state index is 5.34. The highest BCUT2D eigenvalue weighted by atomic mass is 16.5. The minimum Gasteiger partial charge on any atom is -0.497 e. The number of methoxy groups -OCH3 is 1. The standard InChI is InChI=1S/C15H24N2O/c1-16-11-15(12-6-8-17-9-7-12)13-4-3-5-14(10-13)18-2/h3-5,10,12,15-17H,6-9,11H2,1-2H3. The third-order valence-electron chi connectivity index (χ3n) is 3.90. The lowest BCUT2D eigenvalue weighted by Crippen LogP contribution is -2.34. The monoisotopic (exact) mass is 248 g/mol. The van der Waals surface area contributed by atoms with Crippen LogP contribution in [0.4, 0.5) is 0 Å². The Kier molecular flexibility index (Phi) is 5.02. The first-order chi connectivity index (χ1) is 8.85. The summed E-state index contributed by atoms with van der Waals surface area (Å²) < 4.78 is 5.34. The fourth-order valence-electron chi connectivity index (χ4n) is 2.90.